The third-order valence-electron chi connectivity index (χ3n) is 5.11. The monoisotopic (exact) mass is 434 g/mol. The van der Waals surface area contributed by atoms with Crippen LogP contribution in [0.2, 0.25) is 0 Å². The van der Waals surface area contributed by atoms with Gasteiger partial charge in [0.15, 0.2) is 6.29 Å². The van der Waals surface area contributed by atoms with E-state index in [0.717, 1.165) is 23.0 Å². The molecular formula is C27H30O5. The van der Waals surface area contributed by atoms with E-state index in [4.69, 9.17) is 14.2 Å². The van der Waals surface area contributed by atoms with Gasteiger partial charge in [0.2, 0.25) is 0 Å². The topological polar surface area (TPSA) is 65.0 Å². The summed E-state index contributed by atoms with van der Waals surface area (Å²) in [5.74, 6) is 0. The van der Waals surface area contributed by atoms with E-state index in [0.29, 0.717) is 0 Å². The van der Waals surface area contributed by atoms with Gasteiger partial charge in [0.1, 0.15) is 18.3 Å². The molecule has 5 nitrogen and oxygen atoms in total. The molecule has 0 bridgehead atoms. The standard InChI is InChI=1S/C27H30O5/c1-21(29)26(31-19-23-13-7-3-8-14-23)27(32-20-24-15-9-4-10-16-24)25(17-28)30-18-22-11-5-2-6-12-22/h2-17,21,25-27,29H,18-20H2,1H3. The quantitative estimate of drug-likeness (QED) is 0.406. The van der Waals surface area contributed by atoms with Crippen LogP contribution in [0.15, 0.2) is 91.0 Å². The third-order valence-corrected chi connectivity index (χ3v) is 5.11. The van der Waals surface area contributed by atoms with Gasteiger partial charge in [0.05, 0.1) is 25.9 Å². The van der Waals surface area contributed by atoms with Gasteiger partial charge < -0.3 is 24.1 Å². The summed E-state index contributed by atoms with van der Waals surface area (Å²) in [4.78, 5) is 12.0. The summed E-state index contributed by atoms with van der Waals surface area (Å²) in [5, 5.41) is 10.5. The van der Waals surface area contributed by atoms with Crippen LogP contribution in [0.5, 0.6) is 0 Å². The molecule has 0 amide bonds. The molecule has 0 fully saturated rings. The maximum atomic E-state index is 12.0. The average molecular weight is 435 g/mol. The lowest BCUT2D eigenvalue weighted by molar-refractivity contribution is -0.176. The van der Waals surface area contributed by atoms with Crippen LogP contribution in [-0.2, 0) is 38.8 Å². The molecule has 168 valence electrons. The summed E-state index contributed by atoms with van der Waals surface area (Å²) in [6.07, 6.45) is -2.61. The summed E-state index contributed by atoms with van der Waals surface area (Å²) in [6.45, 7) is 2.43. The van der Waals surface area contributed by atoms with E-state index in [1.165, 1.54) is 0 Å². The molecule has 0 spiro atoms. The molecule has 4 unspecified atom stereocenters. The summed E-state index contributed by atoms with van der Waals surface area (Å²) >= 11 is 0. The number of hydrogen-bond donors (Lipinski definition) is 1. The van der Waals surface area contributed by atoms with Crippen molar-refractivity contribution < 1.29 is 24.1 Å². The zero-order valence-electron chi connectivity index (χ0n) is 18.2. The molecule has 32 heavy (non-hydrogen) atoms. The first-order valence-corrected chi connectivity index (χ1v) is 10.8. The Morgan fingerprint density at radius 1 is 0.656 bits per heavy atom. The van der Waals surface area contributed by atoms with Gasteiger partial charge in [0.25, 0.3) is 0 Å². The molecule has 0 aromatic heterocycles. The first-order chi connectivity index (χ1) is 15.7. The first-order valence-electron chi connectivity index (χ1n) is 10.8. The Morgan fingerprint density at radius 3 is 1.41 bits per heavy atom. The van der Waals surface area contributed by atoms with E-state index in [2.05, 4.69) is 0 Å². The molecule has 4 atom stereocenters. The second-order valence-electron chi connectivity index (χ2n) is 7.66. The fourth-order valence-corrected chi connectivity index (χ4v) is 3.40. The normalized spacial score (nSPS) is 14.9. The highest BCUT2D eigenvalue weighted by Crippen LogP contribution is 2.20. The molecule has 1 N–H and O–H groups in total. The van der Waals surface area contributed by atoms with Crippen molar-refractivity contribution in [3.8, 4) is 0 Å². The fraction of sp³-hybridized carbons (Fsp3) is 0.296. The van der Waals surface area contributed by atoms with Gasteiger partial charge in [-0.05, 0) is 23.6 Å². The molecule has 5 heteroatoms. The van der Waals surface area contributed by atoms with E-state index in [1.54, 1.807) is 6.92 Å². The molecule has 3 aromatic rings. The Morgan fingerprint density at radius 2 is 1.03 bits per heavy atom. The van der Waals surface area contributed by atoms with Crippen LogP contribution in [0.25, 0.3) is 0 Å². The van der Waals surface area contributed by atoms with E-state index < -0.39 is 24.4 Å². The molecule has 0 radical (unpaired) electrons. The highest BCUT2D eigenvalue weighted by atomic mass is 16.6. The molecule has 0 saturated carbocycles. The molecule has 3 rings (SSSR count). The number of aliphatic hydroxyl groups is 1. The van der Waals surface area contributed by atoms with Crippen molar-refractivity contribution >= 4 is 6.29 Å². The number of benzene rings is 3. The largest absolute Gasteiger partial charge is 0.391 e. The van der Waals surface area contributed by atoms with Gasteiger partial charge in [-0.1, -0.05) is 91.0 Å². The first kappa shape index (κ1) is 23.8. The van der Waals surface area contributed by atoms with Crippen molar-refractivity contribution in [2.45, 2.75) is 51.2 Å². The Labute approximate surface area is 189 Å². The van der Waals surface area contributed by atoms with Crippen LogP contribution >= 0.6 is 0 Å². The highest BCUT2D eigenvalue weighted by molar-refractivity contribution is 5.57. The predicted molar refractivity (Wildman–Crippen MR) is 123 cm³/mol. The van der Waals surface area contributed by atoms with Crippen LogP contribution < -0.4 is 0 Å². The number of aliphatic hydroxyl groups excluding tert-OH is 1. The highest BCUT2D eigenvalue weighted by Gasteiger charge is 2.35. The minimum atomic E-state index is -0.908. The summed E-state index contributed by atoms with van der Waals surface area (Å²) in [6, 6.07) is 29.0. The van der Waals surface area contributed by atoms with Gasteiger partial charge in [0, 0.05) is 0 Å². The average Bonchev–Trinajstić information content (AvgIpc) is 2.84. The van der Waals surface area contributed by atoms with Crippen molar-refractivity contribution in [3.63, 3.8) is 0 Å². The zero-order chi connectivity index (χ0) is 22.6. The van der Waals surface area contributed by atoms with Crippen LogP contribution in [-0.4, -0.2) is 35.8 Å². The fourth-order valence-electron chi connectivity index (χ4n) is 3.40. The van der Waals surface area contributed by atoms with E-state index in [-0.39, 0.29) is 19.8 Å². The molecule has 0 aliphatic heterocycles. The van der Waals surface area contributed by atoms with Crippen LogP contribution in [0, 0.1) is 0 Å². The van der Waals surface area contributed by atoms with Crippen LogP contribution in [0.3, 0.4) is 0 Å². The number of hydrogen-bond acceptors (Lipinski definition) is 5. The van der Waals surface area contributed by atoms with Crippen molar-refractivity contribution in [1.82, 2.24) is 0 Å². The third kappa shape index (κ3) is 7.39. The van der Waals surface area contributed by atoms with Gasteiger partial charge in [-0.15, -0.1) is 0 Å². The Kier molecular flexibility index (Phi) is 9.60. The Balaban J connectivity index is 1.76. The Hall–Kier alpha value is -2.83. The minimum Gasteiger partial charge on any atom is -0.391 e. The summed E-state index contributed by atoms with van der Waals surface area (Å²) in [5.41, 5.74) is 2.87. The summed E-state index contributed by atoms with van der Waals surface area (Å²) in [7, 11) is 0. The van der Waals surface area contributed by atoms with Gasteiger partial charge in [-0.3, -0.25) is 0 Å². The van der Waals surface area contributed by atoms with E-state index >= 15 is 0 Å². The van der Waals surface area contributed by atoms with Crippen LogP contribution in [0.4, 0.5) is 0 Å². The van der Waals surface area contributed by atoms with Gasteiger partial charge in [-0.2, -0.15) is 0 Å². The van der Waals surface area contributed by atoms with Crippen molar-refractivity contribution in [2.75, 3.05) is 0 Å². The second-order valence-corrected chi connectivity index (χ2v) is 7.66. The number of carbonyl (C=O) groups is 1. The number of aldehydes is 1. The SMILES string of the molecule is CC(O)C(OCc1ccccc1)C(OCc1ccccc1)C(C=O)OCc1ccccc1. The molecule has 0 saturated heterocycles. The lowest BCUT2D eigenvalue weighted by Crippen LogP contribution is -2.48. The number of carbonyl (C=O) groups excluding carboxylic acids is 1. The van der Waals surface area contributed by atoms with Crippen molar-refractivity contribution in [3.05, 3.63) is 108 Å². The molecule has 0 aliphatic rings. The molecule has 0 heterocycles. The van der Waals surface area contributed by atoms with Gasteiger partial charge >= 0.3 is 0 Å². The minimum absolute atomic E-state index is 0.251. The lowest BCUT2D eigenvalue weighted by atomic mass is 10.0. The second kappa shape index (κ2) is 12.9. The molecule has 0 aliphatic carbocycles. The number of ether oxygens (including phenoxy) is 3. The Bertz CT molecular complexity index is 899. The van der Waals surface area contributed by atoms with Crippen LogP contribution in [0.1, 0.15) is 23.6 Å². The van der Waals surface area contributed by atoms with Gasteiger partial charge in [-0.25, -0.2) is 0 Å². The van der Waals surface area contributed by atoms with Crippen molar-refractivity contribution in [2.24, 2.45) is 0 Å². The smallest absolute Gasteiger partial charge is 0.151 e. The predicted octanol–water partition coefficient (Wildman–Crippen LogP) is 4.32. The van der Waals surface area contributed by atoms with E-state index in [9.17, 15) is 9.90 Å². The van der Waals surface area contributed by atoms with Crippen molar-refractivity contribution in [1.29, 1.82) is 0 Å². The molecular weight excluding hydrogens is 404 g/mol. The lowest BCUT2D eigenvalue weighted by Gasteiger charge is -2.33. The zero-order valence-corrected chi connectivity index (χ0v) is 18.2. The summed E-state index contributed by atoms with van der Waals surface area (Å²) < 4.78 is 18.1. The maximum absolute atomic E-state index is 12.0. The number of rotatable bonds is 13. The maximum Gasteiger partial charge on any atom is 0.151 e. The van der Waals surface area contributed by atoms with E-state index in [1.807, 2.05) is 91.0 Å². The molecule has 3 aromatic carbocycles.